The lowest BCUT2D eigenvalue weighted by Crippen LogP contribution is -2.43. The van der Waals surface area contributed by atoms with E-state index in [1.54, 1.807) is 4.31 Å². The van der Waals surface area contributed by atoms with E-state index in [0.717, 1.165) is 19.4 Å². The number of sulfonamides is 1. The number of hydrogen-bond acceptors (Lipinski definition) is 4. The maximum absolute atomic E-state index is 12.3. The number of hydrogen-bond donors (Lipinski definition) is 1. The molecule has 5 nitrogen and oxygen atoms in total. The van der Waals surface area contributed by atoms with Crippen LogP contribution in [-0.4, -0.2) is 69.2 Å². The molecule has 1 heterocycles. The van der Waals surface area contributed by atoms with Gasteiger partial charge in [0.1, 0.15) is 0 Å². The van der Waals surface area contributed by atoms with Gasteiger partial charge in [-0.25, -0.2) is 8.42 Å². The van der Waals surface area contributed by atoms with E-state index in [1.165, 1.54) is 12.8 Å². The largest absolute Gasteiger partial charge is 0.313 e. The molecular formula is C12H25N3O2S. The molecule has 1 N–H and O–H groups in total. The molecule has 2 fully saturated rings. The van der Waals surface area contributed by atoms with Crippen LogP contribution in [0.4, 0.5) is 0 Å². The molecule has 1 unspecified atom stereocenters. The molecule has 0 amide bonds. The van der Waals surface area contributed by atoms with Crippen LogP contribution in [0.5, 0.6) is 0 Å². The maximum atomic E-state index is 12.3. The Morgan fingerprint density at radius 2 is 2.00 bits per heavy atom. The SMILES string of the molecule is CN(C)CC1CCCN1S(=O)(=O)CCNC1CC1. The summed E-state index contributed by atoms with van der Waals surface area (Å²) in [6.45, 7) is 2.12. The van der Waals surface area contributed by atoms with E-state index in [-0.39, 0.29) is 11.8 Å². The van der Waals surface area contributed by atoms with E-state index >= 15 is 0 Å². The first-order valence-corrected chi connectivity index (χ1v) is 8.47. The van der Waals surface area contributed by atoms with Crippen molar-refractivity contribution in [2.75, 3.05) is 39.5 Å². The highest BCUT2D eigenvalue weighted by Crippen LogP contribution is 2.22. The molecule has 1 aliphatic carbocycles. The highest BCUT2D eigenvalue weighted by atomic mass is 32.2. The average Bonchev–Trinajstić information content (AvgIpc) is 2.95. The van der Waals surface area contributed by atoms with Crippen LogP contribution >= 0.6 is 0 Å². The van der Waals surface area contributed by atoms with Crippen LogP contribution in [0.15, 0.2) is 0 Å². The highest BCUT2D eigenvalue weighted by Gasteiger charge is 2.34. The van der Waals surface area contributed by atoms with Gasteiger partial charge in [-0.3, -0.25) is 0 Å². The fourth-order valence-corrected chi connectivity index (χ4v) is 4.22. The highest BCUT2D eigenvalue weighted by molar-refractivity contribution is 7.89. The van der Waals surface area contributed by atoms with E-state index < -0.39 is 10.0 Å². The summed E-state index contributed by atoms with van der Waals surface area (Å²) in [6.07, 6.45) is 4.39. The summed E-state index contributed by atoms with van der Waals surface area (Å²) in [4.78, 5) is 2.07. The zero-order chi connectivity index (χ0) is 13.2. The normalized spacial score (nSPS) is 26.1. The number of rotatable bonds is 7. The van der Waals surface area contributed by atoms with Crippen molar-refractivity contribution in [2.45, 2.75) is 37.8 Å². The van der Waals surface area contributed by atoms with Crippen LogP contribution < -0.4 is 5.32 Å². The molecule has 0 bridgehead atoms. The fourth-order valence-electron chi connectivity index (χ4n) is 2.58. The standard InChI is InChI=1S/C12H25N3O2S/c1-14(2)10-12-4-3-8-15(12)18(16,17)9-7-13-11-5-6-11/h11-13H,3-10H2,1-2H3. The van der Waals surface area contributed by atoms with Gasteiger partial charge < -0.3 is 10.2 Å². The molecule has 0 aromatic rings. The summed E-state index contributed by atoms with van der Waals surface area (Å²) in [6, 6.07) is 0.752. The first-order valence-electron chi connectivity index (χ1n) is 6.86. The fraction of sp³-hybridized carbons (Fsp3) is 1.00. The van der Waals surface area contributed by atoms with Crippen molar-refractivity contribution in [2.24, 2.45) is 0 Å². The third-order valence-corrected chi connectivity index (χ3v) is 5.54. The van der Waals surface area contributed by atoms with Gasteiger partial charge in [-0.05, 0) is 39.8 Å². The van der Waals surface area contributed by atoms with Gasteiger partial charge in [0.05, 0.1) is 5.75 Å². The topological polar surface area (TPSA) is 52.7 Å². The molecule has 2 rings (SSSR count). The molecule has 0 radical (unpaired) electrons. The Balaban J connectivity index is 1.85. The molecule has 1 atom stereocenters. The van der Waals surface area contributed by atoms with Crippen molar-refractivity contribution in [1.82, 2.24) is 14.5 Å². The lowest BCUT2D eigenvalue weighted by atomic mass is 10.2. The Labute approximate surface area is 111 Å². The van der Waals surface area contributed by atoms with Crippen LogP contribution in [0.25, 0.3) is 0 Å². The van der Waals surface area contributed by atoms with E-state index in [0.29, 0.717) is 19.1 Å². The zero-order valence-electron chi connectivity index (χ0n) is 11.4. The van der Waals surface area contributed by atoms with E-state index in [9.17, 15) is 8.42 Å². The Morgan fingerprint density at radius 1 is 1.28 bits per heavy atom. The van der Waals surface area contributed by atoms with E-state index in [4.69, 9.17) is 0 Å². The smallest absolute Gasteiger partial charge is 0.215 e. The third-order valence-electron chi connectivity index (χ3n) is 3.63. The van der Waals surface area contributed by atoms with Crippen molar-refractivity contribution >= 4 is 10.0 Å². The predicted octanol–water partition coefficient (Wildman–Crippen LogP) is 0.0942. The van der Waals surface area contributed by atoms with Gasteiger partial charge in [-0.1, -0.05) is 0 Å². The van der Waals surface area contributed by atoms with Crippen molar-refractivity contribution in [3.63, 3.8) is 0 Å². The van der Waals surface area contributed by atoms with Crippen molar-refractivity contribution in [3.05, 3.63) is 0 Å². The second-order valence-electron chi connectivity index (χ2n) is 5.71. The maximum Gasteiger partial charge on any atom is 0.215 e. The quantitative estimate of drug-likeness (QED) is 0.716. The van der Waals surface area contributed by atoms with Crippen LogP contribution in [0.2, 0.25) is 0 Å². The van der Waals surface area contributed by atoms with E-state index in [1.807, 2.05) is 14.1 Å². The summed E-state index contributed by atoms with van der Waals surface area (Å²) in [5.41, 5.74) is 0. The minimum atomic E-state index is -3.08. The van der Waals surface area contributed by atoms with Crippen LogP contribution in [0.3, 0.4) is 0 Å². The molecule has 2 aliphatic rings. The average molecular weight is 275 g/mol. The van der Waals surface area contributed by atoms with Gasteiger partial charge in [0.15, 0.2) is 0 Å². The third kappa shape index (κ3) is 3.91. The van der Waals surface area contributed by atoms with Crippen molar-refractivity contribution in [3.8, 4) is 0 Å². The number of likely N-dealkylation sites (N-methyl/N-ethyl adjacent to an activating group) is 1. The van der Waals surface area contributed by atoms with E-state index in [2.05, 4.69) is 10.2 Å². The Bertz CT molecular complexity index is 366. The monoisotopic (exact) mass is 275 g/mol. The van der Waals surface area contributed by atoms with Crippen molar-refractivity contribution < 1.29 is 8.42 Å². The number of nitrogens with zero attached hydrogens (tertiary/aromatic N) is 2. The first kappa shape index (κ1) is 14.2. The summed E-state index contributed by atoms with van der Waals surface area (Å²) in [5, 5.41) is 3.28. The summed E-state index contributed by atoms with van der Waals surface area (Å²) < 4.78 is 26.3. The zero-order valence-corrected chi connectivity index (χ0v) is 12.2. The molecule has 18 heavy (non-hydrogen) atoms. The van der Waals surface area contributed by atoms with Crippen LogP contribution in [0, 0.1) is 0 Å². The van der Waals surface area contributed by atoms with Gasteiger partial charge >= 0.3 is 0 Å². The minimum Gasteiger partial charge on any atom is -0.313 e. The molecule has 1 aliphatic heterocycles. The van der Waals surface area contributed by atoms with Crippen molar-refractivity contribution in [1.29, 1.82) is 0 Å². The number of nitrogens with one attached hydrogen (secondary N) is 1. The summed E-state index contributed by atoms with van der Waals surface area (Å²) in [7, 11) is 0.917. The molecule has 6 heteroatoms. The molecule has 1 saturated heterocycles. The lowest BCUT2D eigenvalue weighted by Gasteiger charge is -2.26. The second kappa shape index (κ2) is 5.86. The Morgan fingerprint density at radius 3 is 2.61 bits per heavy atom. The summed E-state index contributed by atoms with van der Waals surface area (Å²) in [5.74, 6) is 0.243. The molecule has 0 aromatic heterocycles. The minimum absolute atomic E-state index is 0.172. The second-order valence-corrected chi connectivity index (χ2v) is 7.75. The van der Waals surface area contributed by atoms with Crippen LogP contribution in [-0.2, 0) is 10.0 Å². The van der Waals surface area contributed by atoms with Gasteiger partial charge in [-0.2, -0.15) is 4.31 Å². The predicted molar refractivity (Wildman–Crippen MR) is 73.1 cm³/mol. The Hall–Kier alpha value is -0.170. The Kier molecular flexibility index (Phi) is 4.64. The van der Waals surface area contributed by atoms with Gasteiger partial charge in [0, 0.05) is 31.7 Å². The molecule has 0 aromatic carbocycles. The molecular weight excluding hydrogens is 250 g/mol. The van der Waals surface area contributed by atoms with Gasteiger partial charge in [0.2, 0.25) is 10.0 Å². The lowest BCUT2D eigenvalue weighted by molar-refractivity contribution is 0.291. The van der Waals surface area contributed by atoms with Gasteiger partial charge in [-0.15, -0.1) is 0 Å². The molecule has 0 spiro atoms. The van der Waals surface area contributed by atoms with Gasteiger partial charge in [0.25, 0.3) is 0 Å². The molecule has 106 valence electrons. The molecule has 1 saturated carbocycles. The van der Waals surface area contributed by atoms with Crippen LogP contribution in [0.1, 0.15) is 25.7 Å². The summed E-state index contributed by atoms with van der Waals surface area (Å²) >= 11 is 0. The first-order chi connectivity index (χ1) is 8.49.